The Morgan fingerprint density at radius 3 is 2.31 bits per heavy atom. The largest absolute Gasteiger partial charge is 0.604 e. The third-order valence-corrected chi connectivity index (χ3v) is 6.37. The molecular formula is C23H26N4O4S. The fraction of sp³-hybridized carbons (Fsp3) is 0.304. The lowest BCUT2D eigenvalue weighted by Crippen LogP contribution is -2.29. The lowest BCUT2D eigenvalue weighted by Gasteiger charge is -2.16. The fourth-order valence-corrected chi connectivity index (χ4v) is 4.27. The molecule has 0 radical (unpaired) electrons. The molecule has 2 aromatic carbocycles. The maximum Gasteiger partial charge on any atom is 0.352 e. The van der Waals surface area contributed by atoms with Gasteiger partial charge in [-0.25, -0.2) is 0 Å². The second-order valence-electron chi connectivity index (χ2n) is 7.27. The quantitative estimate of drug-likeness (QED) is 0.374. The van der Waals surface area contributed by atoms with Crippen molar-refractivity contribution in [1.29, 1.82) is 0 Å². The standard InChI is InChI=1S/C23H26N4O4S/c1-29-17-5-7-19(8-6-17)31-22-21(25-14-16-4-3-13-24-16)15-26-23(27-22)32(28)20-11-9-18(30-2)10-12-20/h5-12,15-16,24-25H,3-4,13-14H2,1-2H3/t16-,32?/m0/s1. The van der Waals surface area contributed by atoms with Crippen molar-refractivity contribution in [3.63, 3.8) is 0 Å². The Kier molecular flexibility index (Phi) is 7.31. The number of anilines is 1. The summed E-state index contributed by atoms with van der Waals surface area (Å²) in [6, 6.07) is 14.6. The molecule has 32 heavy (non-hydrogen) atoms. The van der Waals surface area contributed by atoms with E-state index < -0.39 is 11.2 Å². The maximum atomic E-state index is 13.1. The highest BCUT2D eigenvalue weighted by atomic mass is 32.2. The molecule has 0 amide bonds. The van der Waals surface area contributed by atoms with Gasteiger partial charge in [-0.15, -0.1) is 4.98 Å². The summed E-state index contributed by atoms with van der Waals surface area (Å²) in [6.07, 6.45) is 3.90. The Morgan fingerprint density at radius 1 is 1.03 bits per heavy atom. The second-order valence-corrected chi connectivity index (χ2v) is 8.64. The van der Waals surface area contributed by atoms with Gasteiger partial charge in [-0.3, -0.25) is 0 Å². The van der Waals surface area contributed by atoms with Gasteiger partial charge in [0, 0.05) is 12.6 Å². The van der Waals surface area contributed by atoms with Crippen LogP contribution in [0, 0.1) is 0 Å². The average Bonchev–Trinajstić information content (AvgIpc) is 3.37. The fourth-order valence-electron chi connectivity index (χ4n) is 3.36. The van der Waals surface area contributed by atoms with Gasteiger partial charge in [-0.2, -0.15) is 4.98 Å². The van der Waals surface area contributed by atoms with Gasteiger partial charge in [0.25, 0.3) is 0 Å². The molecule has 1 saturated heterocycles. The summed E-state index contributed by atoms with van der Waals surface area (Å²) in [5, 5.41) is 6.99. The van der Waals surface area contributed by atoms with E-state index in [-0.39, 0.29) is 5.16 Å². The first-order valence-electron chi connectivity index (χ1n) is 10.4. The minimum atomic E-state index is -1.56. The highest BCUT2D eigenvalue weighted by Crippen LogP contribution is 2.30. The summed E-state index contributed by atoms with van der Waals surface area (Å²) in [6.45, 7) is 1.75. The molecule has 1 aliphatic rings. The van der Waals surface area contributed by atoms with E-state index in [0.717, 1.165) is 31.7 Å². The molecular weight excluding hydrogens is 428 g/mol. The number of rotatable bonds is 9. The van der Waals surface area contributed by atoms with Crippen LogP contribution in [0.1, 0.15) is 12.8 Å². The van der Waals surface area contributed by atoms with Crippen LogP contribution < -0.4 is 24.8 Å². The molecule has 0 aliphatic carbocycles. The van der Waals surface area contributed by atoms with Gasteiger partial charge < -0.3 is 29.4 Å². The van der Waals surface area contributed by atoms with E-state index in [2.05, 4.69) is 20.6 Å². The number of nitrogens with one attached hydrogen (secondary N) is 2. The Bertz CT molecular complexity index is 1010. The molecule has 3 aromatic rings. The number of ether oxygens (including phenoxy) is 3. The minimum Gasteiger partial charge on any atom is -0.604 e. The lowest BCUT2D eigenvalue weighted by atomic mass is 10.2. The molecule has 2 atom stereocenters. The Morgan fingerprint density at radius 2 is 1.69 bits per heavy atom. The van der Waals surface area contributed by atoms with Crippen LogP contribution in [-0.2, 0) is 11.2 Å². The van der Waals surface area contributed by atoms with Gasteiger partial charge in [0.2, 0.25) is 5.88 Å². The van der Waals surface area contributed by atoms with Crippen LogP contribution in [0.2, 0.25) is 0 Å². The van der Waals surface area contributed by atoms with Crippen molar-refractivity contribution in [2.45, 2.75) is 28.9 Å². The Balaban J connectivity index is 1.58. The van der Waals surface area contributed by atoms with Crippen molar-refractivity contribution < 1.29 is 18.8 Å². The third-order valence-electron chi connectivity index (χ3n) is 5.15. The Hall–Kier alpha value is -3.01. The van der Waals surface area contributed by atoms with Gasteiger partial charge >= 0.3 is 5.16 Å². The van der Waals surface area contributed by atoms with Crippen LogP contribution in [-0.4, -0.2) is 47.9 Å². The zero-order valence-electron chi connectivity index (χ0n) is 18.0. The number of hydrogen-bond donors (Lipinski definition) is 2. The van der Waals surface area contributed by atoms with Crippen molar-refractivity contribution in [2.24, 2.45) is 0 Å². The molecule has 2 N–H and O–H groups in total. The number of nitrogens with zero attached hydrogens (tertiary/aromatic N) is 2. The molecule has 168 valence electrons. The van der Waals surface area contributed by atoms with Crippen LogP contribution in [0.15, 0.2) is 64.8 Å². The molecule has 1 aliphatic heterocycles. The van der Waals surface area contributed by atoms with Crippen molar-refractivity contribution in [1.82, 2.24) is 15.3 Å². The molecule has 8 nitrogen and oxygen atoms in total. The highest BCUT2D eigenvalue weighted by molar-refractivity contribution is 7.91. The van der Waals surface area contributed by atoms with Crippen LogP contribution in [0.3, 0.4) is 0 Å². The molecule has 4 rings (SSSR count). The first-order valence-corrected chi connectivity index (χ1v) is 11.5. The van der Waals surface area contributed by atoms with Gasteiger partial charge in [0.05, 0.1) is 31.6 Å². The first kappa shape index (κ1) is 22.2. The van der Waals surface area contributed by atoms with Crippen molar-refractivity contribution in [2.75, 3.05) is 32.6 Å². The maximum absolute atomic E-state index is 13.1. The van der Waals surface area contributed by atoms with E-state index in [1.807, 2.05) is 12.1 Å². The Labute approximate surface area is 190 Å². The molecule has 1 fully saturated rings. The normalized spacial score (nSPS) is 16.4. The van der Waals surface area contributed by atoms with Gasteiger partial charge in [0.15, 0.2) is 4.90 Å². The van der Waals surface area contributed by atoms with E-state index in [0.29, 0.717) is 34.0 Å². The van der Waals surface area contributed by atoms with Crippen molar-refractivity contribution in [3.8, 4) is 23.1 Å². The molecule has 0 bridgehead atoms. The molecule has 1 aromatic heterocycles. The van der Waals surface area contributed by atoms with Gasteiger partial charge in [-0.1, -0.05) is 0 Å². The SMILES string of the molecule is COc1ccc(Oc2nc([S+]([O-])c3ccc(OC)cc3)ncc2NC[C@@H]2CCCN2)cc1. The van der Waals surface area contributed by atoms with Crippen LogP contribution in [0.4, 0.5) is 5.69 Å². The lowest BCUT2D eigenvalue weighted by molar-refractivity contribution is 0.412. The number of aromatic nitrogens is 2. The van der Waals surface area contributed by atoms with E-state index in [1.54, 1.807) is 56.8 Å². The van der Waals surface area contributed by atoms with Crippen LogP contribution in [0.25, 0.3) is 0 Å². The molecule has 9 heteroatoms. The zero-order chi connectivity index (χ0) is 22.3. The van der Waals surface area contributed by atoms with Crippen molar-refractivity contribution in [3.05, 3.63) is 54.7 Å². The molecule has 2 heterocycles. The smallest absolute Gasteiger partial charge is 0.352 e. The van der Waals surface area contributed by atoms with E-state index in [1.165, 1.54) is 0 Å². The minimum absolute atomic E-state index is 0.170. The molecule has 0 spiro atoms. The monoisotopic (exact) mass is 454 g/mol. The van der Waals surface area contributed by atoms with Gasteiger partial charge in [-0.05, 0) is 67.9 Å². The number of benzene rings is 2. The highest BCUT2D eigenvalue weighted by Gasteiger charge is 2.23. The topological polar surface area (TPSA) is 101 Å². The van der Waals surface area contributed by atoms with Crippen LogP contribution >= 0.6 is 0 Å². The summed E-state index contributed by atoms with van der Waals surface area (Å²) in [5.74, 6) is 2.33. The molecule has 0 saturated carbocycles. The summed E-state index contributed by atoms with van der Waals surface area (Å²) >= 11 is -1.56. The summed E-state index contributed by atoms with van der Waals surface area (Å²) in [5.41, 5.74) is 0.644. The summed E-state index contributed by atoms with van der Waals surface area (Å²) in [4.78, 5) is 9.42. The van der Waals surface area contributed by atoms with E-state index in [4.69, 9.17) is 14.2 Å². The van der Waals surface area contributed by atoms with E-state index >= 15 is 0 Å². The predicted octanol–water partition coefficient (Wildman–Crippen LogP) is 3.62. The number of hydrogen-bond acceptors (Lipinski definition) is 8. The van der Waals surface area contributed by atoms with E-state index in [9.17, 15) is 4.55 Å². The van der Waals surface area contributed by atoms with Crippen LogP contribution in [0.5, 0.6) is 23.1 Å². The molecule has 1 unspecified atom stereocenters. The summed E-state index contributed by atoms with van der Waals surface area (Å²) in [7, 11) is 3.20. The van der Waals surface area contributed by atoms with Gasteiger partial charge in [0.1, 0.15) is 22.9 Å². The first-order chi connectivity index (χ1) is 15.7. The second kappa shape index (κ2) is 10.5. The predicted molar refractivity (Wildman–Crippen MR) is 122 cm³/mol. The zero-order valence-corrected chi connectivity index (χ0v) is 18.9. The average molecular weight is 455 g/mol. The van der Waals surface area contributed by atoms with Crippen molar-refractivity contribution >= 4 is 16.9 Å². The third kappa shape index (κ3) is 5.42. The summed E-state index contributed by atoms with van der Waals surface area (Å²) < 4.78 is 29.5. The number of methoxy groups -OCH3 is 2.